The van der Waals surface area contributed by atoms with Crippen LogP contribution >= 0.6 is 0 Å². The second-order valence-corrected chi connectivity index (χ2v) is 9.17. The number of carbonyl (C=O) groups is 2. The lowest BCUT2D eigenvalue weighted by atomic mass is 10.0. The van der Waals surface area contributed by atoms with Crippen LogP contribution in [0.15, 0.2) is 30.3 Å². The van der Waals surface area contributed by atoms with E-state index in [9.17, 15) is 9.59 Å². The first-order valence-electron chi connectivity index (χ1n) is 11.0. The van der Waals surface area contributed by atoms with E-state index in [0.717, 1.165) is 18.4 Å². The molecule has 1 aromatic rings. The summed E-state index contributed by atoms with van der Waals surface area (Å²) in [7, 11) is 0. The fraction of sp³-hybridized carbons (Fsp3) is 0.652. The molecule has 1 aliphatic carbocycles. The van der Waals surface area contributed by atoms with Crippen LogP contribution in [0.4, 0.5) is 4.79 Å². The van der Waals surface area contributed by atoms with Gasteiger partial charge < -0.3 is 25.0 Å². The van der Waals surface area contributed by atoms with Crippen LogP contribution in [0, 0.1) is 5.92 Å². The van der Waals surface area contributed by atoms with Crippen LogP contribution in [-0.4, -0.2) is 60.9 Å². The second-order valence-electron chi connectivity index (χ2n) is 9.17. The molecule has 1 saturated heterocycles. The Morgan fingerprint density at radius 1 is 1.23 bits per heavy atom. The van der Waals surface area contributed by atoms with Crippen molar-refractivity contribution in [2.45, 2.75) is 64.3 Å². The highest BCUT2D eigenvalue weighted by Crippen LogP contribution is 2.35. The van der Waals surface area contributed by atoms with Crippen LogP contribution < -0.4 is 10.6 Å². The average Bonchev–Trinajstić information content (AvgIpc) is 3.54. The predicted octanol–water partition coefficient (Wildman–Crippen LogP) is 2.70. The molecule has 2 fully saturated rings. The van der Waals surface area contributed by atoms with E-state index in [4.69, 9.17) is 9.47 Å². The van der Waals surface area contributed by atoms with Gasteiger partial charge in [0.05, 0.1) is 19.3 Å². The third-order valence-electron chi connectivity index (χ3n) is 5.34. The minimum Gasteiger partial charge on any atom is -0.444 e. The summed E-state index contributed by atoms with van der Waals surface area (Å²) >= 11 is 0. The van der Waals surface area contributed by atoms with Crippen molar-refractivity contribution in [1.82, 2.24) is 15.5 Å². The third kappa shape index (κ3) is 7.29. The Hall–Kier alpha value is -2.12. The Balaban J connectivity index is 1.44. The minimum absolute atomic E-state index is 0.0286. The fourth-order valence-corrected chi connectivity index (χ4v) is 3.68. The molecule has 2 amide bonds. The fourth-order valence-electron chi connectivity index (χ4n) is 3.68. The van der Waals surface area contributed by atoms with Gasteiger partial charge in [0.25, 0.3) is 0 Å². The van der Waals surface area contributed by atoms with Crippen LogP contribution in [0.1, 0.15) is 45.6 Å². The Bertz CT molecular complexity index is 700. The summed E-state index contributed by atoms with van der Waals surface area (Å²) in [5, 5.41) is 6.48. The second kappa shape index (κ2) is 10.3. The number of nitrogens with one attached hydrogen (secondary N) is 2. The molecule has 1 aromatic carbocycles. The van der Waals surface area contributed by atoms with Crippen LogP contribution in [0.5, 0.6) is 0 Å². The zero-order chi connectivity index (χ0) is 21.6. The SMILES string of the molecule is CC(C)(C)OC(=O)N1CCO[C@H]([C@@H](NCCC(=O)NCc2ccccc2)C2CC2)C1. The molecule has 1 aliphatic heterocycles. The largest absolute Gasteiger partial charge is 0.444 e. The predicted molar refractivity (Wildman–Crippen MR) is 115 cm³/mol. The van der Waals surface area contributed by atoms with Gasteiger partial charge in [0.2, 0.25) is 5.91 Å². The molecule has 0 bridgehead atoms. The Kier molecular flexibility index (Phi) is 7.72. The number of nitrogens with zero attached hydrogens (tertiary/aromatic N) is 1. The van der Waals surface area contributed by atoms with Crippen LogP contribution in [0.3, 0.4) is 0 Å². The summed E-state index contributed by atoms with van der Waals surface area (Å²) in [5.41, 5.74) is 0.582. The first-order chi connectivity index (χ1) is 14.3. The monoisotopic (exact) mass is 417 g/mol. The van der Waals surface area contributed by atoms with Crippen molar-refractivity contribution in [1.29, 1.82) is 0 Å². The lowest BCUT2D eigenvalue weighted by molar-refractivity contribution is -0.121. The van der Waals surface area contributed by atoms with Gasteiger partial charge in [0.1, 0.15) is 5.60 Å². The van der Waals surface area contributed by atoms with Crippen molar-refractivity contribution in [3.8, 4) is 0 Å². The molecule has 0 radical (unpaired) electrons. The number of rotatable bonds is 8. The molecular weight excluding hydrogens is 382 g/mol. The number of hydrogen-bond donors (Lipinski definition) is 2. The normalized spacial score (nSPS) is 20.5. The molecule has 2 atom stereocenters. The summed E-state index contributed by atoms with van der Waals surface area (Å²) in [6.45, 7) is 8.33. The maximum absolute atomic E-state index is 12.4. The van der Waals surface area contributed by atoms with Gasteiger partial charge in [-0.15, -0.1) is 0 Å². The van der Waals surface area contributed by atoms with Gasteiger partial charge in [-0.3, -0.25) is 4.79 Å². The summed E-state index contributed by atoms with van der Waals surface area (Å²) < 4.78 is 11.5. The highest BCUT2D eigenvalue weighted by molar-refractivity contribution is 5.76. The van der Waals surface area contributed by atoms with Crippen molar-refractivity contribution in [2.75, 3.05) is 26.2 Å². The maximum Gasteiger partial charge on any atom is 0.410 e. The Labute approximate surface area is 179 Å². The average molecular weight is 418 g/mol. The van der Waals surface area contributed by atoms with Crippen molar-refractivity contribution in [2.24, 2.45) is 5.92 Å². The van der Waals surface area contributed by atoms with Gasteiger partial charge in [-0.2, -0.15) is 0 Å². The summed E-state index contributed by atoms with van der Waals surface area (Å²) in [6, 6.07) is 10.0. The van der Waals surface area contributed by atoms with E-state index < -0.39 is 5.60 Å². The molecule has 3 rings (SSSR count). The number of morpholine rings is 1. The molecule has 0 spiro atoms. The van der Waals surface area contributed by atoms with E-state index in [1.165, 1.54) is 0 Å². The number of amides is 2. The molecule has 1 saturated carbocycles. The number of carbonyl (C=O) groups excluding carboxylic acids is 2. The lowest BCUT2D eigenvalue weighted by Crippen LogP contribution is -2.55. The van der Waals surface area contributed by atoms with Crippen molar-refractivity contribution < 1.29 is 19.1 Å². The molecule has 0 unspecified atom stereocenters. The van der Waals surface area contributed by atoms with Gasteiger partial charge in [0.15, 0.2) is 0 Å². The quantitative estimate of drug-likeness (QED) is 0.680. The molecule has 30 heavy (non-hydrogen) atoms. The van der Waals surface area contributed by atoms with Crippen LogP contribution in [0.25, 0.3) is 0 Å². The lowest BCUT2D eigenvalue weighted by Gasteiger charge is -2.38. The van der Waals surface area contributed by atoms with Crippen molar-refractivity contribution in [3.05, 3.63) is 35.9 Å². The Morgan fingerprint density at radius 2 is 1.97 bits per heavy atom. The molecule has 2 N–H and O–H groups in total. The van der Waals surface area contributed by atoms with E-state index >= 15 is 0 Å². The molecule has 0 aromatic heterocycles. The van der Waals surface area contributed by atoms with Crippen LogP contribution in [0.2, 0.25) is 0 Å². The highest BCUT2D eigenvalue weighted by Gasteiger charge is 2.40. The minimum atomic E-state index is -0.508. The first kappa shape index (κ1) is 22.6. The summed E-state index contributed by atoms with van der Waals surface area (Å²) in [4.78, 5) is 26.4. The summed E-state index contributed by atoms with van der Waals surface area (Å²) in [6.07, 6.45) is 2.36. The maximum atomic E-state index is 12.4. The topological polar surface area (TPSA) is 79.9 Å². The first-order valence-corrected chi connectivity index (χ1v) is 11.0. The molecule has 7 nitrogen and oxygen atoms in total. The van der Waals surface area contributed by atoms with E-state index in [-0.39, 0.29) is 24.1 Å². The van der Waals surface area contributed by atoms with Gasteiger partial charge in [0, 0.05) is 32.1 Å². The van der Waals surface area contributed by atoms with Crippen molar-refractivity contribution >= 4 is 12.0 Å². The smallest absolute Gasteiger partial charge is 0.410 e. The Morgan fingerprint density at radius 3 is 2.63 bits per heavy atom. The van der Waals surface area contributed by atoms with E-state index in [2.05, 4.69) is 10.6 Å². The summed E-state index contributed by atoms with van der Waals surface area (Å²) in [5.74, 6) is 0.571. The van der Waals surface area contributed by atoms with E-state index in [0.29, 0.717) is 45.1 Å². The molecule has 7 heteroatoms. The van der Waals surface area contributed by atoms with Gasteiger partial charge in [-0.25, -0.2) is 4.79 Å². The molecule has 2 aliphatic rings. The van der Waals surface area contributed by atoms with Gasteiger partial charge >= 0.3 is 6.09 Å². The number of benzene rings is 1. The number of ether oxygens (including phenoxy) is 2. The van der Waals surface area contributed by atoms with E-state index in [1.54, 1.807) is 4.90 Å². The molecule has 166 valence electrons. The highest BCUT2D eigenvalue weighted by atomic mass is 16.6. The molecular formula is C23H35N3O4. The van der Waals surface area contributed by atoms with E-state index in [1.807, 2.05) is 51.1 Å². The van der Waals surface area contributed by atoms with Gasteiger partial charge in [-0.1, -0.05) is 30.3 Å². The van der Waals surface area contributed by atoms with Crippen molar-refractivity contribution in [3.63, 3.8) is 0 Å². The standard InChI is InChI=1S/C23H35N3O4/c1-23(2,3)30-22(28)26-13-14-29-19(16-26)21(18-9-10-18)24-12-11-20(27)25-15-17-7-5-4-6-8-17/h4-8,18-19,21,24H,9-16H2,1-3H3,(H,25,27)/t19-,21-/m0/s1. The van der Waals surface area contributed by atoms with Gasteiger partial charge in [-0.05, 0) is 45.1 Å². The zero-order valence-corrected chi connectivity index (χ0v) is 18.4. The zero-order valence-electron chi connectivity index (χ0n) is 18.4. The molecule has 1 heterocycles. The number of hydrogen-bond acceptors (Lipinski definition) is 5. The van der Waals surface area contributed by atoms with Crippen LogP contribution in [-0.2, 0) is 20.8 Å². The third-order valence-corrected chi connectivity index (χ3v) is 5.34.